The molecular weight excluding hydrogens is 749 g/mol. The first-order valence-corrected chi connectivity index (χ1v) is 17.1. The third kappa shape index (κ3) is 11.7. The Labute approximate surface area is 317 Å². The average molecular weight is 785 g/mol. The van der Waals surface area contributed by atoms with Crippen molar-refractivity contribution in [3.63, 3.8) is 0 Å². The van der Waals surface area contributed by atoms with E-state index in [4.69, 9.17) is 25.8 Å². The molecule has 3 amide bonds. The van der Waals surface area contributed by atoms with Crippen LogP contribution in [0.4, 0.5) is 30.8 Å². The molecule has 5 N–H and O–H groups in total. The van der Waals surface area contributed by atoms with Crippen LogP contribution in [0.3, 0.4) is 0 Å². The molecule has 0 radical (unpaired) electrons. The van der Waals surface area contributed by atoms with Gasteiger partial charge in [0, 0.05) is 29.4 Å². The van der Waals surface area contributed by atoms with Crippen LogP contribution >= 0.6 is 11.6 Å². The molecule has 1 aliphatic carbocycles. The highest BCUT2D eigenvalue weighted by atomic mass is 35.5. The third-order valence-electron chi connectivity index (χ3n) is 8.18. The Kier molecular flexibility index (Phi) is 12.9. The Morgan fingerprint density at radius 3 is 2.24 bits per heavy atom. The molecule has 19 heteroatoms. The van der Waals surface area contributed by atoms with Gasteiger partial charge in [0.15, 0.2) is 6.61 Å². The molecule has 0 spiro atoms. The van der Waals surface area contributed by atoms with Crippen molar-refractivity contribution >= 4 is 52.9 Å². The molecule has 0 aliphatic heterocycles. The maximum Gasteiger partial charge on any atom is 0.422 e. The van der Waals surface area contributed by atoms with Crippen molar-refractivity contribution in [1.29, 1.82) is 0 Å². The Balaban J connectivity index is 1.19. The number of amides is 3. The van der Waals surface area contributed by atoms with Crippen LogP contribution in [-0.4, -0.2) is 84.8 Å². The molecule has 1 heterocycles. The number of esters is 1. The van der Waals surface area contributed by atoms with E-state index in [1.807, 2.05) is 18.2 Å². The van der Waals surface area contributed by atoms with E-state index in [1.54, 1.807) is 30.3 Å². The van der Waals surface area contributed by atoms with Crippen molar-refractivity contribution in [3.05, 3.63) is 94.5 Å². The van der Waals surface area contributed by atoms with E-state index in [0.29, 0.717) is 35.7 Å². The van der Waals surface area contributed by atoms with Crippen molar-refractivity contribution in [3.8, 4) is 11.8 Å². The molecule has 0 unspecified atom stereocenters. The number of ether oxygens (including phenoxy) is 3. The van der Waals surface area contributed by atoms with Gasteiger partial charge < -0.3 is 40.8 Å². The molecule has 0 bridgehead atoms. The van der Waals surface area contributed by atoms with Crippen LogP contribution in [0, 0.1) is 0 Å². The number of rotatable bonds is 16. The molecule has 4 aromatic rings. The fraction of sp³-hybridized carbons (Fsp3) is 0.306. The second-order valence-corrected chi connectivity index (χ2v) is 12.6. The zero-order valence-electron chi connectivity index (χ0n) is 29.5. The fourth-order valence-corrected chi connectivity index (χ4v) is 5.31. The lowest BCUT2D eigenvalue weighted by molar-refractivity contribution is -0.154. The smallest absolute Gasteiger partial charge is 0.422 e. The van der Waals surface area contributed by atoms with Gasteiger partial charge in [-0.15, -0.1) is 0 Å². The number of methoxy groups -OCH3 is 2. The van der Waals surface area contributed by atoms with Gasteiger partial charge in [-0.2, -0.15) is 28.1 Å². The Hall–Kier alpha value is -6.17. The van der Waals surface area contributed by atoms with E-state index in [2.05, 4.69) is 41.5 Å². The van der Waals surface area contributed by atoms with Gasteiger partial charge in [0.25, 0.3) is 5.91 Å². The van der Waals surface area contributed by atoms with Crippen molar-refractivity contribution < 1.29 is 46.6 Å². The average Bonchev–Trinajstić information content (AvgIpc) is 3.95. The molecule has 0 saturated heterocycles. The summed E-state index contributed by atoms with van der Waals surface area (Å²) in [6.45, 7) is -1.92. The van der Waals surface area contributed by atoms with Crippen LogP contribution in [0.25, 0.3) is 0 Å². The Bertz CT molecular complexity index is 2000. The zero-order valence-corrected chi connectivity index (χ0v) is 30.2. The molecule has 290 valence electrons. The van der Waals surface area contributed by atoms with Gasteiger partial charge in [0.2, 0.25) is 11.9 Å². The molecule has 5 rings (SSSR count). The molecule has 1 fully saturated rings. The number of benzene rings is 3. The summed E-state index contributed by atoms with van der Waals surface area (Å²) in [5, 5.41) is 13.9. The van der Waals surface area contributed by atoms with Gasteiger partial charge in [0.1, 0.15) is 11.8 Å². The summed E-state index contributed by atoms with van der Waals surface area (Å²) in [5.74, 6) is -3.09. The van der Waals surface area contributed by atoms with Crippen molar-refractivity contribution in [2.45, 2.75) is 37.0 Å². The highest BCUT2D eigenvalue weighted by Crippen LogP contribution is 2.48. The maximum absolute atomic E-state index is 13.1. The molecule has 1 aromatic heterocycles. The summed E-state index contributed by atoms with van der Waals surface area (Å²) in [4.78, 5) is 62.6. The lowest BCUT2D eigenvalue weighted by atomic mass is 10.1. The Morgan fingerprint density at radius 2 is 1.58 bits per heavy atom. The fourth-order valence-electron chi connectivity index (χ4n) is 5.19. The van der Waals surface area contributed by atoms with E-state index < -0.39 is 60.6 Å². The first-order valence-electron chi connectivity index (χ1n) is 16.7. The lowest BCUT2D eigenvalue weighted by Crippen LogP contribution is -2.51. The molecule has 15 nitrogen and oxygen atoms in total. The number of alkyl halides is 3. The van der Waals surface area contributed by atoms with Crippen LogP contribution in [0.5, 0.6) is 11.8 Å². The number of carbonyl (C=O) groups excluding carboxylic acids is 4. The normalized spacial score (nSPS) is 13.4. The van der Waals surface area contributed by atoms with Gasteiger partial charge in [-0.25, -0.2) is 4.79 Å². The topological polar surface area (TPSA) is 195 Å². The number of nitrogens with zero attached hydrogens (tertiary/aromatic N) is 3. The highest BCUT2D eigenvalue weighted by Gasteiger charge is 2.45. The van der Waals surface area contributed by atoms with Crippen LogP contribution in [0.2, 0.25) is 5.02 Å². The first kappa shape index (κ1) is 40.0. The van der Waals surface area contributed by atoms with Gasteiger partial charge in [-0.3, -0.25) is 14.4 Å². The largest absolute Gasteiger partial charge is 0.497 e. The van der Waals surface area contributed by atoms with Gasteiger partial charge in [-0.05, 0) is 78.9 Å². The minimum atomic E-state index is -4.64. The number of carbonyl (C=O) groups is 4. The van der Waals surface area contributed by atoms with Gasteiger partial charge in [0.05, 0.1) is 19.8 Å². The van der Waals surface area contributed by atoms with Gasteiger partial charge in [-0.1, -0.05) is 35.9 Å². The maximum atomic E-state index is 13.1. The van der Waals surface area contributed by atoms with Gasteiger partial charge >= 0.3 is 30.0 Å². The minimum absolute atomic E-state index is 0.0372. The van der Waals surface area contributed by atoms with E-state index in [1.165, 1.54) is 31.4 Å². The van der Waals surface area contributed by atoms with E-state index in [9.17, 15) is 32.3 Å². The molecule has 1 saturated carbocycles. The van der Waals surface area contributed by atoms with Crippen molar-refractivity contribution in [1.82, 2.24) is 30.9 Å². The predicted molar refractivity (Wildman–Crippen MR) is 193 cm³/mol. The number of hydrogen-bond acceptors (Lipinski definition) is 12. The zero-order chi connectivity index (χ0) is 39.6. The standard InChI is InChI=1S/C36H36ClF3N8O7/c1-53-26-5-3-4-21(18-26)14-17-41-29(50)30(51)42-19-27(31(52)54-2)44-28(49)22-6-12-25(13-7-22)43-32-45-33(47-34(46-32)55-20-36(38,39)40)48-35(15-16-35)23-8-10-24(37)11-9-23/h3-13,18,27H,14-17,19-20H2,1-2H3,(H,41,50)(H,42,51)(H,44,49)(H2,43,45,46,47,48)/t27-/m0/s1. The summed E-state index contributed by atoms with van der Waals surface area (Å²) in [7, 11) is 2.63. The SMILES string of the molecule is COC(=O)[C@H](CNC(=O)C(=O)NCCc1cccc(OC)c1)NC(=O)c1ccc(Nc2nc(NC3(c4ccc(Cl)cc4)CC3)nc(OCC(F)(F)F)n2)cc1. The summed E-state index contributed by atoms with van der Waals surface area (Å²) in [6.07, 6.45) is -2.80. The second kappa shape index (κ2) is 17.8. The van der Waals surface area contributed by atoms with Crippen LogP contribution in [0.1, 0.15) is 34.3 Å². The van der Waals surface area contributed by atoms with Crippen LogP contribution in [-0.2, 0) is 31.1 Å². The molecule has 1 atom stereocenters. The number of halogens is 4. The number of hydrogen-bond donors (Lipinski definition) is 5. The number of aromatic nitrogens is 3. The number of anilines is 3. The van der Waals surface area contributed by atoms with Crippen molar-refractivity contribution in [2.75, 3.05) is 44.5 Å². The van der Waals surface area contributed by atoms with E-state index in [0.717, 1.165) is 18.2 Å². The number of nitrogens with one attached hydrogen (secondary N) is 5. The quantitative estimate of drug-likeness (QED) is 0.0809. The summed E-state index contributed by atoms with van der Waals surface area (Å²) in [6, 6.07) is 18.1. The summed E-state index contributed by atoms with van der Waals surface area (Å²) >= 11 is 6.03. The third-order valence-corrected chi connectivity index (χ3v) is 8.43. The monoisotopic (exact) mass is 784 g/mol. The minimum Gasteiger partial charge on any atom is -0.497 e. The van der Waals surface area contributed by atoms with E-state index >= 15 is 0 Å². The molecule has 55 heavy (non-hydrogen) atoms. The first-order chi connectivity index (χ1) is 26.3. The lowest BCUT2D eigenvalue weighted by Gasteiger charge is -2.19. The van der Waals surface area contributed by atoms with Crippen LogP contribution < -0.4 is 36.1 Å². The summed E-state index contributed by atoms with van der Waals surface area (Å²) < 4.78 is 53.6. The van der Waals surface area contributed by atoms with Crippen molar-refractivity contribution in [2.24, 2.45) is 0 Å². The molecule has 3 aromatic carbocycles. The molecular formula is C36H36ClF3N8O7. The highest BCUT2D eigenvalue weighted by molar-refractivity contribution is 6.35. The predicted octanol–water partition coefficient (Wildman–Crippen LogP) is 4.07. The summed E-state index contributed by atoms with van der Waals surface area (Å²) in [5.41, 5.74) is 1.63. The molecule has 1 aliphatic rings. The van der Waals surface area contributed by atoms with Crippen LogP contribution in [0.15, 0.2) is 72.8 Å². The Morgan fingerprint density at radius 1 is 0.891 bits per heavy atom. The van der Waals surface area contributed by atoms with E-state index in [-0.39, 0.29) is 24.0 Å². The second-order valence-electron chi connectivity index (χ2n) is 12.2.